The normalized spacial score (nSPS) is 19.9. The Morgan fingerprint density at radius 3 is 2.67 bits per heavy atom. The van der Waals surface area contributed by atoms with Crippen LogP contribution in [0, 0.1) is 13.8 Å². The number of aromatic nitrogens is 1. The van der Waals surface area contributed by atoms with E-state index < -0.39 is 35.8 Å². The largest absolute Gasteiger partial charge is 0.462 e. The molecule has 1 aromatic carbocycles. The van der Waals surface area contributed by atoms with Gasteiger partial charge in [0.1, 0.15) is 5.54 Å². The molecule has 0 saturated carbocycles. The quantitative estimate of drug-likeness (QED) is 0.448. The molecule has 2 heterocycles. The maximum atomic E-state index is 13.2. The number of carbonyl (C=O) groups excluding carboxylic acids is 4. The van der Waals surface area contributed by atoms with Gasteiger partial charge in [-0.3, -0.25) is 14.5 Å². The van der Waals surface area contributed by atoms with E-state index in [1.807, 2.05) is 24.3 Å². The Labute approximate surface area is 173 Å². The number of rotatable bonds is 5. The van der Waals surface area contributed by atoms with Gasteiger partial charge in [-0.2, -0.15) is 0 Å². The Kier molecular flexibility index (Phi) is 4.72. The predicted molar refractivity (Wildman–Crippen MR) is 107 cm³/mol. The predicted octanol–water partition coefficient (Wildman–Crippen LogP) is 2.38. The monoisotopic (exact) mass is 409 g/mol. The molecule has 1 spiro atoms. The van der Waals surface area contributed by atoms with Crippen molar-refractivity contribution < 1.29 is 23.9 Å². The van der Waals surface area contributed by atoms with E-state index in [0.717, 1.165) is 16.0 Å². The van der Waals surface area contributed by atoms with E-state index in [1.54, 1.807) is 20.8 Å². The molecule has 156 valence electrons. The molecule has 0 bridgehead atoms. The Bertz CT molecular complexity index is 1090. The summed E-state index contributed by atoms with van der Waals surface area (Å²) in [4.78, 5) is 54.9. The topological polar surface area (TPSA) is 109 Å². The average molecular weight is 409 g/mol. The molecule has 3 amide bonds. The summed E-state index contributed by atoms with van der Waals surface area (Å²) in [5.74, 6) is -1.38. The number of nitrogens with one attached hydrogen (secondary N) is 2. The number of aryl methyl sites for hydroxylation is 2. The molecule has 1 saturated heterocycles. The van der Waals surface area contributed by atoms with Crippen LogP contribution < -0.4 is 5.32 Å². The number of amides is 3. The Morgan fingerprint density at radius 2 is 1.93 bits per heavy atom. The SMILES string of the molecule is CCOC(=O)c1c(C)[nH]c(C(=O)CN2C(=O)N[C@@]3(CCc4ccccc43)C2=O)c1C. The fourth-order valence-electron chi connectivity index (χ4n) is 4.49. The lowest BCUT2D eigenvalue weighted by atomic mass is 9.92. The summed E-state index contributed by atoms with van der Waals surface area (Å²) in [5, 5.41) is 2.81. The summed E-state index contributed by atoms with van der Waals surface area (Å²) < 4.78 is 5.05. The van der Waals surface area contributed by atoms with Gasteiger partial charge < -0.3 is 15.0 Å². The lowest BCUT2D eigenvalue weighted by Gasteiger charge is -2.22. The van der Waals surface area contributed by atoms with Gasteiger partial charge in [0.25, 0.3) is 5.91 Å². The zero-order chi connectivity index (χ0) is 21.6. The second kappa shape index (κ2) is 7.12. The number of nitrogens with zero attached hydrogens (tertiary/aromatic N) is 1. The lowest BCUT2D eigenvalue weighted by Crippen LogP contribution is -2.42. The summed E-state index contributed by atoms with van der Waals surface area (Å²) in [5.41, 5.74) is 2.16. The standard InChI is InChI=1S/C22H23N3O5/c1-4-30-19(27)17-12(2)18(23-13(17)3)16(26)11-25-20(28)22(24-21(25)29)10-9-14-7-5-6-8-15(14)22/h5-8,23H,4,9-11H2,1-3H3,(H,24,29)/t22-/m1/s1. The molecule has 30 heavy (non-hydrogen) atoms. The van der Waals surface area contributed by atoms with Crippen molar-refractivity contribution in [1.29, 1.82) is 0 Å². The van der Waals surface area contributed by atoms with Gasteiger partial charge in [-0.25, -0.2) is 9.59 Å². The molecule has 1 aliphatic carbocycles. The first-order valence-corrected chi connectivity index (χ1v) is 9.92. The average Bonchev–Trinajstić information content (AvgIpc) is 3.31. The molecule has 8 heteroatoms. The third-order valence-electron chi connectivity index (χ3n) is 5.92. The van der Waals surface area contributed by atoms with Crippen molar-refractivity contribution in [2.45, 2.75) is 39.2 Å². The molecular formula is C22H23N3O5. The molecule has 1 aliphatic heterocycles. The number of ketones is 1. The van der Waals surface area contributed by atoms with Crippen LogP contribution in [0.3, 0.4) is 0 Å². The van der Waals surface area contributed by atoms with E-state index in [2.05, 4.69) is 10.3 Å². The van der Waals surface area contributed by atoms with E-state index in [9.17, 15) is 19.2 Å². The number of ether oxygens (including phenoxy) is 1. The van der Waals surface area contributed by atoms with Crippen molar-refractivity contribution in [3.8, 4) is 0 Å². The zero-order valence-electron chi connectivity index (χ0n) is 17.1. The minimum atomic E-state index is -1.11. The number of fused-ring (bicyclic) bond motifs is 2. The van der Waals surface area contributed by atoms with Crippen LogP contribution in [0.5, 0.6) is 0 Å². The molecule has 1 aromatic heterocycles. The maximum Gasteiger partial charge on any atom is 0.340 e. The summed E-state index contributed by atoms with van der Waals surface area (Å²) >= 11 is 0. The van der Waals surface area contributed by atoms with Gasteiger partial charge in [-0.1, -0.05) is 24.3 Å². The number of hydrogen-bond donors (Lipinski definition) is 2. The van der Waals surface area contributed by atoms with Crippen molar-refractivity contribution in [3.63, 3.8) is 0 Å². The number of urea groups is 1. The van der Waals surface area contributed by atoms with Crippen LogP contribution in [0.4, 0.5) is 4.79 Å². The zero-order valence-corrected chi connectivity index (χ0v) is 17.1. The van der Waals surface area contributed by atoms with Gasteiger partial charge in [-0.15, -0.1) is 0 Å². The highest BCUT2D eigenvalue weighted by Gasteiger charge is 2.55. The summed E-state index contributed by atoms with van der Waals surface area (Å²) in [6, 6.07) is 6.94. The number of benzene rings is 1. The molecule has 0 unspecified atom stereocenters. The molecule has 2 aliphatic rings. The first-order chi connectivity index (χ1) is 14.3. The number of hydrogen-bond acceptors (Lipinski definition) is 5. The highest BCUT2D eigenvalue weighted by molar-refractivity contribution is 6.12. The fraction of sp³-hybridized carbons (Fsp3) is 0.364. The van der Waals surface area contributed by atoms with Crippen molar-refractivity contribution in [2.75, 3.05) is 13.2 Å². The van der Waals surface area contributed by atoms with Crippen LogP contribution in [0.2, 0.25) is 0 Å². The van der Waals surface area contributed by atoms with E-state index >= 15 is 0 Å². The molecule has 2 aromatic rings. The van der Waals surface area contributed by atoms with Gasteiger partial charge in [0.05, 0.1) is 24.4 Å². The number of carbonyl (C=O) groups is 4. The fourth-order valence-corrected chi connectivity index (χ4v) is 4.49. The first-order valence-electron chi connectivity index (χ1n) is 9.92. The number of H-pyrrole nitrogens is 1. The van der Waals surface area contributed by atoms with Gasteiger partial charge in [0.2, 0.25) is 0 Å². The molecule has 1 fully saturated rings. The van der Waals surface area contributed by atoms with Crippen LogP contribution in [0.15, 0.2) is 24.3 Å². The second-order valence-corrected chi connectivity index (χ2v) is 7.65. The van der Waals surface area contributed by atoms with E-state index in [-0.39, 0.29) is 12.3 Å². The summed E-state index contributed by atoms with van der Waals surface area (Å²) in [6.45, 7) is 4.84. The van der Waals surface area contributed by atoms with Crippen LogP contribution in [0.1, 0.15) is 56.6 Å². The number of Topliss-reactive ketones (excluding diaryl/α,β-unsaturated/α-hetero) is 1. The minimum absolute atomic E-state index is 0.198. The van der Waals surface area contributed by atoms with Crippen LogP contribution >= 0.6 is 0 Å². The first kappa shape index (κ1) is 19.9. The summed E-state index contributed by atoms with van der Waals surface area (Å²) in [7, 11) is 0. The van der Waals surface area contributed by atoms with Crippen molar-refractivity contribution in [3.05, 3.63) is 57.9 Å². The van der Waals surface area contributed by atoms with Gasteiger partial charge in [0.15, 0.2) is 5.78 Å². The van der Waals surface area contributed by atoms with Crippen molar-refractivity contribution >= 4 is 23.7 Å². The summed E-state index contributed by atoms with van der Waals surface area (Å²) in [6.07, 6.45) is 1.15. The van der Waals surface area contributed by atoms with Crippen LogP contribution in [-0.4, -0.2) is 46.7 Å². The molecule has 8 nitrogen and oxygen atoms in total. The molecule has 1 atom stereocenters. The minimum Gasteiger partial charge on any atom is -0.462 e. The third kappa shape index (κ3) is 2.82. The Morgan fingerprint density at radius 1 is 1.20 bits per heavy atom. The highest BCUT2D eigenvalue weighted by atomic mass is 16.5. The van der Waals surface area contributed by atoms with E-state index in [4.69, 9.17) is 4.74 Å². The number of imide groups is 1. The third-order valence-corrected chi connectivity index (χ3v) is 5.92. The second-order valence-electron chi connectivity index (χ2n) is 7.65. The highest BCUT2D eigenvalue weighted by Crippen LogP contribution is 2.41. The molecule has 0 radical (unpaired) electrons. The molecule has 2 N–H and O–H groups in total. The number of aromatic amines is 1. The van der Waals surface area contributed by atoms with Crippen molar-refractivity contribution in [1.82, 2.24) is 15.2 Å². The van der Waals surface area contributed by atoms with Gasteiger partial charge in [0, 0.05) is 5.69 Å². The molecular weight excluding hydrogens is 386 g/mol. The van der Waals surface area contributed by atoms with E-state index in [1.165, 1.54) is 0 Å². The lowest BCUT2D eigenvalue weighted by molar-refractivity contribution is -0.131. The van der Waals surface area contributed by atoms with Crippen LogP contribution in [-0.2, 0) is 21.5 Å². The number of esters is 1. The maximum absolute atomic E-state index is 13.2. The van der Waals surface area contributed by atoms with Gasteiger partial charge in [-0.05, 0) is 50.3 Å². The Balaban J connectivity index is 1.60. The smallest absolute Gasteiger partial charge is 0.340 e. The molecule has 4 rings (SSSR count). The van der Waals surface area contributed by atoms with E-state index in [0.29, 0.717) is 29.7 Å². The van der Waals surface area contributed by atoms with Gasteiger partial charge >= 0.3 is 12.0 Å². The van der Waals surface area contributed by atoms with Crippen molar-refractivity contribution in [2.24, 2.45) is 0 Å². The van der Waals surface area contributed by atoms with Crippen LogP contribution in [0.25, 0.3) is 0 Å². The Hall–Kier alpha value is -3.42.